The van der Waals surface area contributed by atoms with Crippen LogP contribution in [0.2, 0.25) is 0 Å². The summed E-state index contributed by atoms with van der Waals surface area (Å²) in [5.74, 6) is 0.0557. The number of benzene rings is 2. The van der Waals surface area contributed by atoms with Crippen LogP contribution in [0.3, 0.4) is 0 Å². The number of carbonyl (C=O) groups excluding carboxylic acids is 1. The molecular weight excluding hydrogens is 370 g/mol. The van der Waals surface area contributed by atoms with Gasteiger partial charge in [-0.05, 0) is 49.7 Å². The van der Waals surface area contributed by atoms with Crippen LogP contribution in [0.1, 0.15) is 35.9 Å². The second kappa shape index (κ2) is 8.80. The smallest absolute Gasteiger partial charge is 0.292 e. The lowest BCUT2D eigenvalue weighted by molar-refractivity contribution is 0.0949. The van der Waals surface area contributed by atoms with E-state index >= 15 is 0 Å². The fourth-order valence-corrected chi connectivity index (χ4v) is 2.71. The van der Waals surface area contributed by atoms with Gasteiger partial charge in [0.2, 0.25) is 0 Å². The van der Waals surface area contributed by atoms with Crippen LogP contribution in [0, 0.1) is 11.3 Å². The third kappa shape index (κ3) is 4.47. The summed E-state index contributed by atoms with van der Waals surface area (Å²) in [5.41, 5.74) is 3.08. The first-order chi connectivity index (χ1) is 14.0. The Morgan fingerprint density at radius 2 is 1.93 bits per heavy atom. The van der Waals surface area contributed by atoms with Crippen LogP contribution in [0.15, 0.2) is 58.4 Å². The molecule has 146 valence electrons. The lowest BCUT2D eigenvalue weighted by atomic mass is 10.1. The minimum absolute atomic E-state index is 0.0248. The summed E-state index contributed by atoms with van der Waals surface area (Å²) in [6.07, 6.45) is 1.48. The molecule has 1 N–H and O–H groups in total. The number of ether oxygens (including phenoxy) is 1. The molecule has 0 spiro atoms. The van der Waals surface area contributed by atoms with Crippen molar-refractivity contribution in [2.45, 2.75) is 19.9 Å². The van der Waals surface area contributed by atoms with Crippen LogP contribution in [-0.2, 0) is 0 Å². The molecule has 8 nitrogen and oxygen atoms in total. The first kappa shape index (κ1) is 19.8. The number of amides is 1. The molecule has 0 radical (unpaired) electrons. The zero-order valence-electron chi connectivity index (χ0n) is 16.0. The van der Waals surface area contributed by atoms with Crippen LogP contribution < -0.4 is 15.7 Å². The van der Waals surface area contributed by atoms with Crippen molar-refractivity contribution in [3.63, 3.8) is 0 Å². The molecule has 1 aromatic heterocycles. The van der Waals surface area contributed by atoms with E-state index in [0.717, 1.165) is 5.56 Å². The van der Waals surface area contributed by atoms with Crippen LogP contribution in [0.25, 0.3) is 10.8 Å². The van der Waals surface area contributed by atoms with Crippen LogP contribution in [-0.4, -0.2) is 28.5 Å². The van der Waals surface area contributed by atoms with Gasteiger partial charge < -0.3 is 4.74 Å². The molecule has 3 aromatic rings. The summed E-state index contributed by atoms with van der Waals surface area (Å²) in [5, 5.41) is 17.6. The van der Waals surface area contributed by atoms with E-state index in [0.29, 0.717) is 16.5 Å². The maximum Gasteiger partial charge on any atom is 0.292 e. The van der Waals surface area contributed by atoms with Gasteiger partial charge in [-0.15, -0.1) is 0 Å². The highest BCUT2D eigenvalue weighted by Crippen LogP contribution is 2.15. The fourth-order valence-electron chi connectivity index (χ4n) is 2.71. The third-order valence-electron chi connectivity index (χ3n) is 4.10. The molecule has 0 saturated carbocycles. The van der Waals surface area contributed by atoms with Gasteiger partial charge in [0.1, 0.15) is 11.8 Å². The Morgan fingerprint density at radius 3 is 2.59 bits per heavy atom. The number of hydrogen-bond donors (Lipinski definition) is 1. The average molecular weight is 389 g/mol. The van der Waals surface area contributed by atoms with Gasteiger partial charge in [-0.3, -0.25) is 9.59 Å². The van der Waals surface area contributed by atoms with Crippen molar-refractivity contribution in [2.75, 3.05) is 6.61 Å². The van der Waals surface area contributed by atoms with Gasteiger partial charge in [0.05, 0.1) is 17.6 Å². The van der Waals surface area contributed by atoms with E-state index in [1.807, 2.05) is 19.9 Å². The van der Waals surface area contributed by atoms with E-state index < -0.39 is 5.91 Å². The minimum Gasteiger partial charge on any atom is -0.479 e. The van der Waals surface area contributed by atoms with Crippen molar-refractivity contribution in [1.29, 1.82) is 5.26 Å². The average Bonchev–Trinajstić information content (AvgIpc) is 2.73. The van der Waals surface area contributed by atoms with Gasteiger partial charge in [0.15, 0.2) is 12.3 Å². The van der Waals surface area contributed by atoms with Gasteiger partial charge in [0.25, 0.3) is 11.5 Å². The molecule has 0 aliphatic rings. The summed E-state index contributed by atoms with van der Waals surface area (Å²) in [6.45, 7) is 3.63. The van der Waals surface area contributed by atoms with E-state index in [2.05, 4.69) is 15.6 Å². The summed E-state index contributed by atoms with van der Waals surface area (Å²) in [7, 11) is 0. The Labute approximate surface area is 167 Å². The molecule has 3 rings (SSSR count). The highest BCUT2D eigenvalue weighted by atomic mass is 16.5. The van der Waals surface area contributed by atoms with Gasteiger partial charge >= 0.3 is 0 Å². The lowest BCUT2D eigenvalue weighted by Crippen LogP contribution is -2.30. The number of nitrogens with one attached hydrogen (secondary N) is 1. The molecule has 0 saturated heterocycles. The van der Waals surface area contributed by atoms with Crippen LogP contribution >= 0.6 is 0 Å². The first-order valence-electron chi connectivity index (χ1n) is 8.96. The number of aromatic nitrogens is 2. The highest BCUT2D eigenvalue weighted by molar-refractivity contribution is 6.04. The Morgan fingerprint density at radius 1 is 1.24 bits per heavy atom. The van der Waals surface area contributed by atoms with Gasteiger partial charge in [-0.25, -0.2) is 10.1 Å². The molecule has 0 bridgehead atoms. The number of nitrogens with zero attached hydrogens (tertiary/aromatic N) is 4. The number of hydrogen-bond acceptors (Lipinski definition) is 6. The van der Waals surface area contributed by atoms with Crippen molar-refractivity contribution in [3.8, 4) is 11.8 Å². The van der Waals surface area contributed by atoms with Crippen molar-refractivity contribution in [1.82, 2.24) is 15.2 Å². The van der Waals surface area contributed by atoms with Crippen molar-refractivity contribution in [3.05, 3.63) is 70.1 Å². The van der Waals surface area contributed by atoms with Crippen molar-refractivity contribution >= 4 is 22.9 Å². The lowest BCUT2D eigenvalue weighted by Gasteiger charge is -2.12. The number of carbonyl (C=O) groups is 1. The van der Waals surface area contributed by atoms with Gasteiger partial charge in [-0.2, -0.15) is 15.5 Å². The van der Waals surface area contributed by atoms with Gasteiger partial charge in [0, 0.05) is 5.39 Å². The molecule has 0 aliphatic carbocycles. The summed E-state index contributed by atoms with van der Waals surface area (Å²) in [6, 6.07) is 15.5. The third-order valence-corrected chi connectivity index (χ3v) is 4.10. The standard InChI is InChI=1S/C21H19N5O3/c1-14(2)26-21(28)18-6-4-3-5-17(18)19(25-26)20(27)24-23-13-15-7-9-16(10-8-15)29-12-11-22/h3-10,13-14H,12H2,1-2H3,(H,24,27)/b23-13-. The number of nitriles is 1. The number of hydrazone groups is 1. The van der Waals surface area contributed by atoms with E-state index in [9.17, 15) is 9.59 Å². The van der Waals surface area contributed by atoms with E-state index in [4.69, 9.17) is 10.00 Å². The molecule has 8 heteroatoms. The number of rotatable bonds is 6. The second-order valence-corrected chi connectivity index (χ2v) is 6.45. The zero-order chi connectivity index (χ0) is 20.8. The molecule has 29 heavy (non-hydrogen) atoms. The molecule has 2 aromatic carbocycles. The highest BCUT2D eigenvalue weighted by Gasteiger charge is 2.17. The molecule has 1 amide bonds. The fraction of sp³-hybridized carbons (Fsp3) is 0.190. The first-order valence-corrected chi connectivity index (χ1v) is 8.96. The SMILES string of the molecule is CC(C)n1nc(C(=O)N/N=C\c2ccc(OCC#N)cc2)c2ccccc2c1=O. The van der Waals surface area contributed by atoms with Gasteiger partial charge in [-0.1, -0.05) is 18.2 Å². The van der Waals surface area contributed by atoms with Crippen LogP contribution in [0.5, 0.6) is 5.75 Å². The Kier molecular flexibility index (Phi) is 6.00. The zero-order valence-corrected chi connectivity index (χ0v) is 16.0. The quantitative estimate of drug-likeness (QED) is 0.515. The van der Waals surface area contributed by atoms with Crippen LogP contribution in [0.4, 0.5) is 0 Å². The minimum atomic E-state index is -0.513. The molecule has 0 atom stereocenters. The number of fused-ring (bicyclic) bond motifs is 1. The Balaban J connectivity index is 1.81. The maximum absolute atomic E-state index is 12.7. The van der Waals surface area contributed by atoms with Crippen molar-refractivity contribution in [2.24, 2.45) is 5.10 Å². The molecule has 0 aliphatic heterocycles. The predicted octanol–water partition coefficient (Wildman–Crippen LogP) is 2.64. The largest absolute Gasteiger partial charge is 0.479 e. The van der Waals surface area contributed by atoms with E-state index in [1.165, 1.54) is 10.9 Å². The van der Waals surface area contributed by atoms with E-state index in [1.54, 1.807) is 48.5 Å². The molecule has 0 unspecified atom stereocenters. The normalized spacial score (nSPS) is 11.0. The topological polar surface area (TPSA) is 109 Å². The Hall–Kier alpha value is -3.99. The molecule has 0 fully saturated rings. The summed E-state index contributed by atoms with van der Waals surface area (Å²) < 4.78 is 6.47. The maximum atomic E-state index is 12.7. The Bertz CT molecular complexity index is 1160. The van der Waals surface area contributed by atoms with Crippen molar-refractivity contribution < 1.29 is 9.53 Å². The predicted molar refractivity (Wildman–Crippen MR) is 109 cm³/mol. The van der Waals surface area contributed by atoms with E-state index in [-0.39, 0.29) is 23.9 Å². The summed E-state index contributed by atoms with van der Waals surface area (Å²) in [4.78, 5) is 25.2. The summed E-state index contributed by atoms with van der Waals surface area (Å²) >= 11 is 0. The molecule has 1 heterocycles. The second-order valence-electron chi connectivity index (χ2n) is 6.45. The molecular formula is C21H19N5O3. The monoisotopic (exact) mass is 389 g/mol.